The Morgan fingerprint density at radius 2 is 1.56 bits per heavy atom. The topological polar surface area (TPSA) is 13.1 Å². The first-order valence-corrected chi connectivity index (χ1v) is 11.9. The van der Waals surface area contributed by atoms with Crippen molar-refractivity contribution in [3.63, 3.8) is 0 Å². The van der Waals surface area contributed by atoms with Crippen LogP contribution in [0.25, 0.3) is 32.8 Å². The van der Waals surface area contributed by atoms with E-state index in [4.69, 9.17) is 4.74 Å². The Morgan fingerprint density at radius 3 is 2.28 bits per heavy atom. The third-order valence-corrected chi connectivity index (χ3v) is 6.78. The highest BCUT2D eigenvalue weighted by Crippen LogP contribution is 2.50. The molecule has 1 aliphatic rings. The molecule has 1 aliphatic heterocycles. The van der Waals surface area contributed by atoms with Gasteiger partial charge in [-0.2, -0.15) is 4.57 Å². The van der Waals surface area contributed by atoms with E-state index in [0.717, 1.165) is 24.3 Å². The lowest BCUT2D eigenvalue weighted by Gasteiger charge is -2.24. The molecule has 0 aliphatic carbocycles. The van der Waals surface area contributed by atoms with Gasteiger partial charge in [0.1, 0.15) is 12.8 Å². The number of ether oxygens (including phenoxy) is 1. The lowest BCUT2D eigenvalue weighted by Crippen LogP contribution is -2.32. The zero-order chi connectivity index (χ0) is 22.7. The van der Waals surface area contributed by atoms with Gasteiger partial charge in [-0.25, -0.2) is 0 Å². The van der Waals surface area contributed by atoms with E-state index >= 15 is 0 Å². The average molecular weight is 425 g/mol. The van der Waals surface area contributed by atoms with Gasteiger partial charge < -0.3 is 4.74 Å². The second-order valence-corrected chi connectivity index (χ2v) is 10.5. The molecular formula is C30H34NO+. The molecule has 0 atom stereocenters. The van der Waals surface area contributed by atoms with Crippen molar-refractivity contribution in [1.82, 2.24) is 0 Å². The van der Waals surface area contributed by atoms with Crippen molar-refractivity contribution in [3.05, 3.63) is 64.8 Å². The van der Waals surface area contributed by atoms with Gasteiger partial charge in [0.2, 0.25) is 5.75 Å². The van der Waals surface area contributed by atoms with Crippen LogP contribution < -0.4 is 9.30 Å². The molecule has 3 aromatic carbocycles. The molecule has 4 aromatic rings. The molecular weight excluding hydrogens is 390 g/mol. The van der Waals surface area contributed by atoms with E-state index in [0.29, 0.717) is 11.8 Å². The summed E-state index contributed by atoms with van der Waals surface area (Å²) < 4.78 is 9.06. The molecule has 0 unspecified atom stereocenters. The molecule has 2 heterocycles. The van der Waals surface area contributed by atoms with Crippen LogP contribution in [0.4, 0.5) is 0 Å². The first kappa shape index (κ1) is 21.0. The Kier molecular flexibility index (Phi) is 5.00. The fraction of sp³-hybridized carbons (Fsp3) is 0.367. The van der Waals surface area contributed by atoms with Crippen LogP contribution in [-0.2, 0) is 19.9 Å². The molecule has 0 saturated carbocycles. The second kappa shape index (κ2) is 7.62. The zero-order valence-corrected chi connectivity index (χ0v) is 20.5. The summed E-state index contributed by atoms with van der Waals surface area (Å²) in [4.78, 5) is 0. The van der Waals surface area contributed by atoms with Crippen LogP contribution in [0, 0.1) is 25.7 Å². The molecule has 0 fully saturated rings. The highest BCUT2D eigenvalue weighted by Gasteiger charge is 2.32. The number of hydrogen-bond donors (Lipinski definition) is 0. The predicted molar refractivity (Wildman–Crippen MR) is 135 cm³/mol. The SMILES string of the molecule is Cc1cc2cc(CC(C)C)cc3c2c(c1C)-c1c(c2cc(CC(C)C)ccc2c[n+]1C)O3. The summed E-state index contributed by atoms with van der Waals surface area (Å²) in [6.07, 6.45) is 4.39. The summed E-state index contributed by atoms with van der Waals surface area (Å²) >= 11 is 0. The Balaban J connectivity index is 1.85. The quantitative estimate of drug-likeness (QED) is 0.271. The highest BCUT2D eigenvalue weighted by molar-refractivity contribution is 6.07. The van der Waals surface area contributed by atoms with Gasteiger partial charge in [-0.3, -0.25) is 0 Å². The molecule has 0 N–H and O–H groups in total. The molecule has 164 valence electrons. The number of hydrogen-bond acceptors (Lipinski definition) is 1. The number of fused-ring (bicyclic) bond motifs is 4. The number of pyridine rings is 1. The van der Waals surface area contributed by atoms with E-state index in [1.165, 1.54) is 55.1 Å². The molecule has 0 radical (unpaired) electrons. The summed E-state index contributed by atoms with van der Waals surface area (Å²) in [6, 6.07) is 13.8. The van der Waals surface area contributed by atoms with Gasteiger partial charge >= 0.3 is 0 Å². The van der Waals surface area contributed by atoms with E-state index in [9.17, 15) is 0 Å². The number of aryl methyl sites for hydroxylation is 2. The first-order valence-electron chi connectivity index (χ1n) is 11.9. The van der Waals surface area contributed by atoms with Crippen LogP contribution in [0.2, 0.25) is 0 Å². The van der Waals surface area contributed by atoms with E-state index in [2.05, 4.69) is 95.8 Å². The monoisotopic (exact) mass is 424 g/mol. The maximum Gasteiger partial charge on any atom is 0.257 e. The van der Waals surface area contributed by atoms with Crippen LogP contribution in [-0.4, -0.2) is 0 Å². The van der Waals surface area contributed by atoms with E-state index in [-0.39, 0.29) is 0 Å². The van der Waals surface area contributed by atoms with Crippen molar-refractivity contribution in [3.8, 4) is 22.8 Å². The molecule has 5 rings (SSSR count). The molecule has 0 spiro atoms. The van der Waals surface area contributed by atoms with Crippen molar-refractivity contribution in [2.24, 2.45) is 18.9 Å². The molecule has 32 heavy (non-hydrogen) atoms. The molecule has 0 saturated heterocycles. The van der Waals surface area contributed by atoms with Crippen molar-refractivity contribution in [1.29, 1.82) is 0 Å². The van der Waals surface area contributed by atoms with E-state index in [1.54, 1.807) is 0 Å². The van der Waals surface area contributed by atoms with Crippen LogP contribution in [0.3, 0.4) is 0 Å². The summed E-state index contributed by atoms with van der Waals surface area (Å²) in [5.74, 6) is 3.24. The summed E-state index contributed by atoms with van der Waals surface area (Å²) in [6.45, 7) is 13.6. The smallest absolute Gasteiger partial charge is 0.257 e. The van der Waals surface area contributed by atoms with Crippen molar-refractivity contribution < 1.29 is 9.30 Å². The van der Waals surface area contributed by atoms with Crippen LogP contribution in [0.1, 0.15) is 49.9 Å². The summed E-state index contributed by atoms with van der Waals surface area (Å²) in [5.41, 5.74) is 7.92. The van der Waals surface area contributed by atoms with E-state index in [1.807, 2.05) is 0 Å². The lowest BCUT2D eigenvalue weighted by atomic mass is 9.88. The van der Waals surface area contributed by atoms with Crippen molar-refractivity contribution in [2.75, 3.05) is 0 Å². The third-order valence-electron chi connectivity index (χ3n) is 6.78. The number of aromatic nitrogens is 1. The molecule has 2 heteroatoms. The predicted octanol–water partition coefficient (Wildman–Crippen LogP) is 7.60. The minimum atomic E-state index is 0.610. The van der Waals surface area contributed by atoms with E-state index < -0.39 is 0 Å². The lowest BCUT2D eigenvalue weighted by molar-refractivity contribution is -0.659. The number of rotatable bonds is 4. The number of benzene rings is 3. The minimum Gasteiger partial charge on any atom is -0.449 e. The highest BCUT2D eigenvalue weighted by atomic mass is 16.5. The van der Waals surface area contributed by atoms with Crippen LogP contribution >= 0.6 is 0 Å². The first-order chi connectivity index (χ1) is 15.2. The largest absolute Gasteiger partial charge is 0.449 e. The standard InChI is InChI=1S/C30H34NO/c1-17(2)10-21-8-9-23-16-31(7)29-27-20(6)19(5)12-24-13-22(11-18(3)4)15-26(28(24)27)32-30(29)25(23)14-21/h8-9,12-18H,10-11H2,1-7H3/q+1. The average Bonchev–Trinajstić information content (AvgIpc) is 2.70. The Bertz CT molecular complexity index is 1380. The summed E-state index contributed by atoms with van der Waals surface area (Å²) in [7, 11) is 2.15. The maximum absolute atomic E-state index is 6.80. The molecule has 1 aromatic heterocycles. The Morgan fingerprint density at radius 1 is 0.844 bits per heavy atom. The molecule has 0 amide bonds. The Labute approximate surface area is 191 Å². The maximum atomic E-state index is 6.80. The van der Waals surface area contributed by atoms with Gasteiger partial charge in [0.05, 0.1) is 5.56 Å². The molecule has 2 nitrogen and oxygen atoms in total. The Hall–Kier alpha value is -2.87. The number of nitrogens with zero attached hydrogens (tertiary/aromatic N) is 1. The zero-order valence-electron chi connectivity index (χ0n) is 20.5. The summed E-state index contributed by atoms with van der Waals surface area (Å²) in [5, 5.41) is 4.98. The molecule has 0 bridgehead atoms. The van der Waals surface area contributed by atoms with Crippen LogP contribution in [0.15, 0.2) is 42.6 Å². The van der Waals surface area contributed by atoms with Gasteiger partial charge in [0, 0.05) is 16.2 Å². The van der Waals surface area contributed by atoms with Gasteiger partial charge in [0.15, 0.2) is 6.20 Å². The normalized spacial score (nSPS) is 12.7. The fourth-order valence-electron chi connectivity index (χ4n) is 5.34. The van der Waals surface area contributed by atoms with Gasteiger partial charge in [-0.15, -0.1) is 0 Å². The minimum absolute atomic E-state index is 0.610. The van der Waals surface area contributed by atoms with Crippen molar-refractivity contribution >= 4 is 21.5 Å². The van der Waals surface area contributed by atoms with Gasteiger partial charge in [-0.1, -0.05) is 45.9 Å². The fourth-order valence-corrected chi connectivity index (χ4v) is 5.34. The van der Waals surface area contributed by atoms with Crippen LogP contribution in [0.5, 0.6) is 11.5 Å². The van der Waals surface area contributed by atoms with Gasteiger partial charge in [-0.05, 0) is 84.4 Å². The second-order valence-electron chi connectivity index (χ2n) is 10.5. The third kappa shape index (κ3) is 3.37. The van der Waals surface area contributed by atoms with Crippen molar-refractivity contribution in [2.45, 2.75) is 54.4 Å². The van der Waals surface area contributed by atoms with Gasteiger partial charge in [0.25, 0.3) is 5.69 Å².